The summed E-state index contributed by atoms with van der Waals surface area (Å²) < 4.78 is 28.8. The maximum absolute atomic E-state index is 12.2. The fraction of sp³-hybridized carbons (Fsp3) is 1.00. The summed E-state index contributed by atoms with van der Waals surface area (Å²) in [7, 11) is -3.27. The van der Waals surface area contributed by atoms with E-state index in [-0.39, 0.29) is 6.04 Å². The molecule has 0 radical (unpaired) electrons. The lowest BCUT2D eigenvalue weighted by Gasteiger charge is -2.32. The lowest BCUT2D eigenvalue weighted by Crippen LogP contribution is -2.52. The minimum atomic E-state index is -3.27. The highest BCUT2D eigenvalue weighted by Crippen LogP contribution is 2.18. The molecule has 2 heterocycles. The first-order chi connectivity index (χ1) is 8.08. The molecule has 0 saturated carbocycles. The Bertz CT molecular complexity index is 339. The highest BCUT2D eigenvalue weighted by Gasteiger charge is 2.29. The maximum atomic E-state index is 12.2. The molecule has 2 unspecified atom stereocenters. The average Bonchev–Trinajstić information content (AvgIpc) is 2.30. The molecule has 2 aliphatic rings. The van der Waals surface area contributed by atoms with Crippen molar-refractivity contribution in [3.63, 3.8) is 0 Å². The lowest BCUT2D eigenvalue weighted by molar-refractivity contribution is 0.274. The number of nitrogens with one attached hydrogen (secondary N) is 2. The Morgan fingerprint density at radius 3 is 2.76 bits per heavy atom. The average molecular weight is 261 g/mol. The molecule has 2 rings (SSSR count). The van der Waals surface area contributed by atoms with E-state index in [1.54, 1.807) is 4.31 Å². The lowest BCUT2D eigenvalue weighted by atomic mass is 10.0. The van der Waals surface area contributed by atoms with Gasteiger partial charge in [-0.15, -0.1) is 0 Å². The van der Waals surface area contributed by atoms with Crippen molar-refractivity contribution in [2.24, 2.45) is 5.92 Å². The molecule has 2 aliphatic heterocycles. The van der Waals surface area contributed by atoms with E-state index in [1.807, 2.05) is 0 Å². The highest BCUT2D eigenvalue weighted by molar-refractivity contribution is 7.87. The molecule has 2 N–H and O–H groups in total. The Balaban J connectivity index is 1.92. The Labute approximate surface area is 104 Å². The van der Waals surface area contributed by atoms with E-state index in [9.17, 15) is 8.42 Å². The summed E-state index contributed by atoms with van der Waals surface area (Å²) >= 11 is 0. The van der Waals surface area contributed by atoms with E-state index in [1.165, 1.54) is 0 Å². The predicted molar refractivity (Wildman–Crippen MR) is 67.9 cm³/mol. The smallest absolute Gasteiger partial charge is 0.279 e. The van der Waals surface area contributed by atoms with Gasteiger partial charge in [0.05, 0.1) is 0 Å². The van der Waals surface area contributed by atoms with Gasteiger partial charge in [-0.05, 0) is 38.1 Å². The van der Waals surface area contributed by atoms with Crippen LogP contribution < -0.4 is 10.0 Å². The van der Waals surface area contributed by atoms with E-state index in [0.717, 1.165) is 38.8 Å². The van der Waals surface area contributed by atoms with Crippen LogP contribution in [0.1, 0.15) is 32.6 Å². The van der Waals surface area contributed by atoms with Gasteiger partial charge in [-0.3, -0.25) is 0 Å². The summed E-state index contributed by atoms with van der Waals surface area (Å²) in [5.41, 5.74) is 0. The first-order valence-electron chi connectivity index (χ1n) is 6.56. The molecule has 0 spiro atoms. The van der Waals surface area contributed by atoms with Gasteiger partial charge in [-0.25, -0.2) is 0 Å². The van der Waals surface area contributed by atoms with Crippen LogP contribution in [0.15, 0.2) is 0 Å². The largest absolute Gasteiger partial charge is 0.315 e. The zero-order valence-electron chi connectivity index (χ0n) is 10.5. The van der Waals surface area contributed by atoms with E-state index >= 15 is 0 Å². The Morgan fingerprint density at radius 2 is 2.12 bits per heavy atom. The van der Waals surface area contributed by atoms with Crippen LogP contribution in [0.2, 0.25) is 0 Å². The maximum Gasteiger partial charge on any atom is 0.279 e. The van der Waals surface area contributed by atoms with Gasteiger partial charge in [0, 0.05) is 25.7 Å². The van der Waals surface area contributed by atoms with E-state index in [2.05, 4.69) is 17.0 Å². The van der Waals surface area contributed by atoms with Crippen molar-refractivity contribution in [2.75, 3.05) is 26.2 Å². The standard InChI is InChI=1S/C11H23N3O2S/c1-10-4-3-7-14(9-10)17(15,16)13-11-5-2-6-12-8-11/h10-13H,2-9H2,1H3. The van der Waals surface area contributed by atoms with Crippen molar-refractivity contribution in [1.82, 2.24) is 14.3 Å². The number of hydrogen-bond acceptors (Lipinski definition) is 3. The molecule has 0 amide bonds. The van der Waals surface area contributed by atoms with Gasteiger partial charge in [-0.1, -0.05) is 6.92 Å². The molecule has 6 heteroatoms. The van der Waals surface area contributed by atoms with Crippen molar-refractivity contribution in [3.8, 4) is 0 Å². The van der Waals surface area contributed by atoms with Gasteiger partial charge in [0.25, 0.3) is 10.2 Å². The van der Waals surface area contributed by atoms with Crippen molar-refractivity contribution in [3.05, 3.63) is 0 Å². The van der Waals surface area contributed by atoms with Crippen molar-refractivity contribution >= 4 is 10.2 Å². The molecule has 0 bridgehead atoms. The monoisotopic (exact) mass is 261 g/mol. The summed E-state index contributed by atoms with van der Waals surface area (Å²) in [5, 5.41) is 3.22. The summed E-state index contributed by atoms with van der Waals surface area (Å²) in [4.78, 5) is 0. The third-order valence-electron chi connectivity index (χ3n) is 3.57. The van der Waals surface area contributed by atoms with Crippen LogP contribution in [0.5, 0.6) is 0 Å². The first-order valence-corrected chi connectivity index (χ1v) is 8.00. The molecule has 0 aromatic carbocycles. The van der Waals surface area contributed by atoms with Gasteiger partial charge < -0.3 is 5.32 Å². The number of rotatable bonds is 3. The summed E-state index contributed by atoms with van der Waals surface area (Å²) in [5.74, 6) is 0.477. The minimum Gasteiger partial charge on any atom is -0.315 e. The molecule has 5 nitrogen and oxygen atoms in total. The molecule has 0 aliphatic carbocycles. The van der Waals surface area contributed by atoms with Crippen molar-refractivity contribution in [1.29, 1.82) is 0 Å². The molecule has 0 aromatic rings. The van der Waals surface area contributed by atoms with Crippen LogP contribution in [0.25, 0.3) is 0 Å². The Morgan fingerprint density at radius 1 is 1.29 bits per heavy atom. The van der Waals surface area contributed by atoms with Crippen LogP contribution in [-0.4, -0.2) is 44.9 Å². The second kappa shape index (κ2) is 5.65. The molecule has 2 atom stereocenters. The highest BCUT2D eigenvalue weighted by atomic mass is 32.2. The van der Waals surface area contributed by atoms with E-state index in [4.69, 9.17) is 0 Å². The van der Waals surface area contributed by atoms with E-state index in [0.29, 0.717) is 19.0 Å². The zero-order valence-corrected chi connectivity index (χ0v) is 11.3. The van der Waals surface area contributed by atoms with Gasteiger partial charge in [0.2, 0.25) is 0 Å². The molecule has 100 valence electrons. The van der Waals surface area contributed by atoms with E-state index < -0.39 is 10.2 Å². The van der Waals surface area contributed by atoms with Crippen LogP contribution >= 0.6 is 0 Å². The van der Waals surface area contributed by atoms with Crippen molar-refractivity contribution in [2.45, 2.75) is 38.6 Å². The third kappa shape index (κ3) is 3.64. The van der Waals surface area contributed by atoms with Crippen LogP contribution in [0.4, 0.5) is 0 Å². The SMILES string of the molecule is CC1CCCN(S(=O)(=O)NC2CCCNC2)C1. The molecule has 2 saturated heterocycles. The number of piperidine rings is 2. The Kier molecular flexibility index (Phi) is 4.41. The summed E-state index contributed by atoms with van der Waals surface area (Å²) in [6.45, 7) is 5.20. The Hall–Kier alpha value is -0.170. The number of hydrogen-bond donors (Lipinski definition) is 2. The fourth-order valence-electron chi connectivity index (χ4n) is 2.60. The van der Waals surface area contributed by atoms with Crippen LogP contribution in [-0.2, 0) is 10.2 Å². The molecule has 17 heavy (non-hydrogen) atoms. The van der Waals surface area contributed by atoms with Crippen LogP contribution in [0.3, 0.4) is 0 Å². The quantitative estimate of drug-likeness (QED) is 0.768. The molecular weight excluding hydrogens is 238 g/mol. The van der Waals surface area contributed by atoms with Gasteiger partial charge in [0.15, 0.2) is 0 Å². The summed E-state index contributed by atoms with van der Waals surface area (Å²) in [6.07, 6.45) is 4.10. The molecule has 0 aromatic heterocycles. The molecule has 2 fully saturated rings. The predicted octanol–water partition coefficient (Wildman–Crippen LogP) is 0.305. The molecular formula is C11H23N3O2S. The first kappa shape index (κ1) is 13.3. The van der Waals surface area contributed by atoms with Crippen molar-refractivity contribution < 1.29 is 8.42 Å². The van der Waals surface area contributed by atoms with Crippen LogP contribution in [0, 0.1) is 5.92 Å². The third-order valence-corrected chi connectivity index (χ3v) is 5.21. The second-order valence-electron chi connectivity index (χ2n) is 5.27. The number of nitrogens with zero attached hydrogens (tertiary/aromatic N) is 1. The minimum absolute atomic E-state index is 0.0611. The van der Waals surface area contributed by atoms with Gasteiger partial charge in [-0.2, -0.15) is 17.4 Å². The normalized spacial score (nSPS) is 32.5. The second-order valence-corrected chi connectivity index (χ2v) is 6.97. The topological polar surface area (TPSA) is 61.4 Å². The summed E-state index contributed by atoms with van der Waals surface area (Å²) in [6, 6.07) is 0.0611. The fourth-order valence-corrected chi connectivity index (χ4v) is 4.19. The van der Waals surface area contributed by atoms with Gasteiger partial charge in [0.1, 0.15) is 0 Å². The van der Waals surface area contributed by atoms with Gasteiger partial charge >= 0.3 is 0 Å². The zero-order chi connectivity index (χ0) is 12.3.